The molecular weight excluding hydrogens is 228 g/mol. The summed E-state index contributed by atoms with van der Waals surface area (Å²) in [5.74, 6) is 0.898. The van der Waals surface area contributed by atoms with Crippen LogP contribution in [0.3, 0.4) is 0 Å². The topological polar surface area (TPSA) is 9.23 Å². The molecule has 0 aliphatic rings. The summed E-state index contributed by atoms with van der Waals surface area (Å²) in [5, 5.41) is 0. The van der Waals surface area contributed by atoms with Crippen LogP contribution in [0.25, 0.3) is 0 Å². The third-order valence-corrected chi connectivity index (χ3v) is 2.30. The monoisotopic (exact) mass is 240 g/mol. The predicted octanol–water partition coefficient (Wildman–Crippen LogP) is 3.58. The molecule has 1 aromatic rings. The Kier molecular flexibility index (Phi) is 4.03. The van der Waals surface area contributed by atoms with Crippen LogP contribution in [0.1, 0.15) is 12.5 Å². The number of ether oxygens (including phenoxy) is 1. The summed E-state index contributed by atoms with van der Waals surface area (Å²) < 4.78 is 6.41. The van der Waals surface area contributed by atoms with Gasteiger partial charge in [-0.2, -0.15) is 0 Å². The Balaban J connectivity index is 2.84. The van der Waals surface area contributed by atoms with Gasteiger partial charge >= 0.3 is 0 Å². The first-order valence-corrected chi connectivity index (χ1v) is 5.09. The Hall–Kier alpha value is -0.760. The molecule has 1 aromatic carbocycles. The molecule has 0 aliphatic heterocycles. The summed E-state index contributed by atoms with van der Waals surface area (Å²) in [4.78, 5) is 0. The van der Waals surface area contributed by atoms with E-state index in [1.54, 1.807) is 0 Å². The average Bonchev–Trinajstić information content (AvgIpc) is 2.10. The van der Waals surface area contributed by atoms with Crippen molar-refractivity contribution in [1.29, 1.82) is 0 Å². The van der Waals surface area contributed by atoms with Gasteiger partial charge in [-0.25, -0.2) is 0 Å². The lowest BCUT2D eigenvalue weighted by molar-refractivity contribution is 0.338. The van der Waals surface area contributed by atoms with Gasteiger partial charge in [0.15, 0.2) is 0 Å². The molecule has 0 unspecified atom stereocenters. The van der Waals surface area contributed by atoms with E-state index in [9.17, 15) is 0 Å². The van der Waals surface area contributed by atoms with Gasteiger partial charge in [-0.3, -0.25) is 0 Å². The number of rotatable bonds is 4. The number of halogens is 1. The summed E-state index contributed by atoms with van der Waals surface area (Å²) in [6.45, 7) is 6.37. The molecule has 0 heterocycles. The Morgan fingerprint density at radius 3 is 2.85 bits per heavy atom. The standard InChI is InChI=1S/C11H13BrO/c1-3-5-9-6-7-11(13-4-2)10(12)8-9/h3,6-8H,1,4-5H2,2H3. The molecular formula is C11H13BrO. The van der Waals surface area contributed by atoms with Crippen molar-refractivity contribution in [3.63, 3.8) is 0 Å². The van der Waals surface area contributed by atoms with Gasteiger partial charge in [0.1, 0.15) is 5.75 Å². The van der Waals surface area contributed by atoms with Gasteiger partial charge in [-0.1, -0.05) is 12.1 Å². The highest BCUT2D eigenvalue weighted by Crippen LogP contribution is 2.26. The minimum Gasteiger partial charge on any atom is -0.493 e. The summed E-state index contributed by atoms with van der Waals surface area (Å²) in [6, 6.07) is 6.09. The number of allylic oxidation sites excluding steroid dienone is 1. The molecule has 0 amide bonds. The van der Waals surface area contributed by atoms with E-state index in [4.69, 9.17) is 4.74 Å². The SMILES string of the molecule is C=CCc1ccc(OCC)c(Br)c1. The molecule has 0 fully saturated rings. The van der Waals surface area contributed by atoms with Crippen molar-refractivity contribution in [2.24, 2.45) is 0 Å². The summed E-state index contributed by atoms with van der Waals surface area (Å²) in [5.41, 5.74) is 1.24. The maximum absolute atomic E-state index is 5.40. The zero-order chi connectivity index (χ0) is 9.68. The summed E-state index contributed by atoms with van der Waals surface area (Å²) >= 11 is 3.46. The number of benzene rings is 1. The van der Waals surface area contributed by atoms with Crippen LogP contribution in [-0.2, 0) is 6.42 Å². The van der Waals surface area contributed by atoms with E-state index in [0.717, 1.165) is 16.6 Å². The normalized spacial score (nSPS) is 9.69. The molecule has 1 rings (SSSR count). The lowest BCUT2D eigenvalue weighted by atomic mass is 10.1. The molecule has 1 nitrogen and oxygen atoms in total. The highest BCUT2D eigenvalue weighted by Gasteiger charge is 2.00. The predicted molar refractivity (Wildman–Crippen MR) is 59.2 cm³/mol. The van der Waals surface area contributed by atoms with Crippen LogP contribution in [0.5, 0.6) is 5.75 Å². The Morgan fingerprint density at radius 1 is 1.54 bits per heavy atom. The van der Waals surface area contributed by atoms with E-state index in [2.05, 4.69) is 34.6 Å². The molecule has 70 valence electrons. The van der Waals surface area contributed by atoms with Gasteiger partial charge in [0.25, 0.3) is 0 Å². The Morgan fingerprint density at radius 2 is 2.31 bits per heavy atom. The second-order valence-corrected chi connectivity index (χ2v) is 3.54. The van der Waals surface area contributed by atoms with Crippen LogP contribution < -0.4 is 4.74 Å². The van der Waals surface area contributed by atoms with Crippen molar-refractivity contribution >= 4 is 15.9 Å². The van der Waals surface area contributed by atoms with Crippen LogP contribution in [0.4, 0.5) is 0 Å². The highest BCUT2D eigenvalue weighted by molar-refractivity contribution is 9.10. The Bertz CT molecular complexity index is 294. The van der Waals surface area contributed by atoms with Crippen LogP contribution in [-0.4, -0.2) is 6.61 Å². The first-order chi connectivity index (χ1) is 6.27. The van der Waals surface area contributed by atoms with Crippen molar-refractivity contribution in [3.8, 4) is 5.75 Å². The van der Waals surface area contributed by atoms with E-state index in [1.807, 2.05) is 19.1 Å². The molecule has 0 spiro atoms. The van der Waals surface area contributed by atoms with Gasteiger partial charge in [0.2, 0.25) is 0 Å². The lowest BCUT2D eigenvalue weighted by Gasteiger charge is -2.06. The maximum Gasteiger partial charge on any atom is 0.133 e. The smallest absolute Gasteiger partial charge is 0.133 e. The number of hydrogen-bond donors (Lipinski definition) is 0. The minimum atomic E-state index is 0.694. The van der Waals surface area contributed by atoms with Crippen molar-refractivity contribution in [1.82, 2.24) is 0 Å². The molecule has 2 heteroatoms. The highest BCUT2D eigenvalue weighted by atomic mass is 79.9. The van der Waals surface area contributed by atoms with Crippen LogP contribution in [0, 0.1) is 0 Å². The fourth-order valence-electron chi connectivity index (χ4n) is 1.11. The van der Waals surface area contributed by atoms with E-state index in [-0.39, 0.29) is 0 Å². The summed E-state index contributed by atoms with van der Waals surface area (Å²) in [6.07, 6.45) is 2.78. The lowest BCUT2D eigenvalue weighted by Crippen LogP contribution is -1.92. The molecule has 13 heavy (non-hydrogen) atoms. The van der Waals surface area contributed by atoms with Gasteiger partial charge in [-0.15, -0.1) is 6.58 Å². The second-order valence-electron chi connectivity index (χ2n) is 2.69. The maximum atomic E-state index is 5.40. The van der Waals surface area contributed by atoms with E-state index in [1.165, 1.54) is 5.56 Å². The zero-order valence-corrected chi connectivity index (χ0v) is 9.30. The molecule has 0 saturated heterocycles. The summed E-state index contributed by atoms with van der Waals surface area (Å²) in [7, 11) is 0. The molecule has 0 bridgehead atoms. The molecule has 0 saturated carbocycles. The fraction of sp³-hybridized carbons (Fsp3) is 0.273. The van der Waals surface area contributed by atoms with Crippen LogP contribution in [0.2, 0.25) is 0 Å². The molecule has 0 radical (unpaired) electrons. The molecule has 0 atom stereocenters. The molecule has 0 aromatic heterocycles. The zero-order valence-electron chi connectivity index (χ0n) is 7.72. The third kappa shape index (κ3) is 2.88. The number of hydrogen-bond acceptors (Lipinski definition) is 1. The van der Waals surface area contributed by atoms with Gasteiger partial charge in [0.05, 0.1) is 11.1 Å². The quantitative estimate of drug-likeness (QED) is 0.732. The van der Waals surface area contributed by atoms with Crippen molar-refractivity contribution in [3.05, 3.63) is 40.9 Å². The third-order valence-electron chi connectivity index (χ3n) is 1.68. The van der Waals surface area contributed by atoms with Crippen molar-refractivity contribution < 1.29 is 4.74 Å². The van der Waals surface area contributed by atoms with E-state index >= 15 is 0 Å². The van der Waals surface area contributed by atoms with Gasteiger partial charge in [0, 0.05) is 0 Å². The Labute approximate surface area is 87.5 Å². The van der Waals surface area contributed by atoms with Crippen LogP contribution >= 0.6 is 15.9 Å². The first kappa shape index (κ1) is 10.3. The van der Waals surface area contributed by atoms with E-state index in [0.29, 0.717) is 6.61 Å². The van der Waals surface area contributed by atoms with Crippen molar-refractivity contribution in [2.45, 2.75) is 13.3 Å². The second kappa shape index (κ2) is 5.07. The minimum absolute atomic E-state index is 0.694. The molecule has 0 N–H and O–H groups in total. The van der Waals surface area contributed by atoms with Crippen LogP contribution in [0.15, 0.2) is 35.3 Å². The fourth-order valence-corrected chi connectivity index (χ4v) is 1.65. The van der Waals surface area contributed by atoms with E-state index < -0.39 is 0 Å². The van der Waals surface area contributed by atoms with Crippen molar-refractivity contribution in [2.75, 3.05) is 6.61 Å². The van der Waals surface area contributed by atoms with Gasteiger partial charge < -0.3 is 4.74 Å². The van der Waals surface area contributed by atoms with Gasteiger partial charge in [-0.05, 0) is 47.0 Å². The largest absolute Gasteiger partial charge is 0.493 e. The molecule has 0 aliphatic carbocycles. The first-order valence-electron chi connectivity index (χ1n) is 4.30. The average molecular weight is 241 g/mol.